The second kappa shape index (κ2) is 6.32. The first-order valence-corrected chi connectivity index (χ1v) is 6.88. The molecule has 0 saturated carbocycles. The number of thiocarbonyl (C=S) groups is 1. The van der Waals surface area contributed by atoms with Crippen LogP contribution in [0.4, 0.5) is 0 Å². The SMILES string of the molecule is COc1cc(CN2CCCC2CO)ccc1C(N)=S. The van der Waals surface area contributed by atoms with E-state index in [-0.39, 0.29) is 12.6 Å². The molecule has 1 atom stereocenters. The van der Waals surface area contributed by atoms with Crippen LogP contribution < -0.4 is 10.5 Å². The van der Waals surface area contributed by atoms with E-state index >= 15 is 0 Å². The van der Waals surface area contributed by atoms with Crippen LogP contribution in [0.3, 0.4) is 0 Å². The third-order valence-electron chi connectivity index (χ3n) is 3.63. The fourth-order valence-electron chi connectivity index (χ4n) is 2.58. The molecule has 2 rings (SSSR count). The van der Waals surface area contributed by atoms with Crippen LogP contribution in [0.5, 0.6) is 5.75 Å². The first kappa shape index (κ1) is 14.2. The van der Waals surface area contributed by atoms with Crippen LogP contribution >= 0.6 is 12.2 Å². The summed E-state index contributed by atoms with van der Waals surface area (Å²) in [6, 6.07) is 6.17. The number of likely N-dealkylation sites (tertiary alicyclic amines) is 1. The number of ether oxygens (including phenoxy) is 1. The molecule has 3 N–H and O–H groups in total. The third-order valence-corrected chi connectivity index (χ3v) is 3.85. The Balaban J connectivity index is 2.15. The van der Waals surface area contributed by atoms with E-state index in [1.807, 2.05) is 18.2 Å². The van der Waals surface area contributed by atoms with Crippen molar-refractivity contribution in [2.24, 2.45) is 5.73 Å². The second-order valence-corrected chi connectivity index (χ2v) is 5.29. The van der Waals surface area contributed by atoms with Crippen LogP contribution in [0.25, 0.3) is 0 Å². The molecule has 1 fully saturated rings. The number of hydrogen-bond donors (Lipinski definition) is 2. The molecule has 104 valence electrons. The van der Waals surface area contributed by atoms with Crippen molar-refractivity contribution in [3.05, 3.63) is 29.3 Å². The van der Waals surface area contributed by atoms with E-state index in [4.69, 9.17) is 22.7 Å². The highest BCUT2D eigenvalue weighted by atomic mass is 32.1. The largest absolute Gasteiger partial charge is 0.496 e. The van der Waals surface area contributed by atoms with Crippen molar-refractivity contribution in [2.45, 2.75) is 25.4 Å². The Labute approximate surface area is 119 Å². The number of rotatable bonds is 5. The van der Waals surface area contributed by atoms with Crippen molar-refractivity contribution in [2.75, 3.05) is 20.3 Å². The lowest BCUT2D eigenvalue weighted by Crippen LogP contribution is -2.31. The average molecular weight is 280 g/mol. The molecule has 4 nitrogen and oxygen atoms in total. The van der Waals surface area contributed by atoms with Crippen LogP contribution in [0.15, 0.2) is 18.2 Å². The number of hydrogen-bond acceptors (Lipinski definition) is 4. The Morgan fingerprint density at radius 1 is 1.58 bits per heavy atom. The number of methoxy groups -OCH3 is 1. The summed E-state index contributed by atoms with van der Waals surface area (Å²) in [5, 5.41) is 9.33. The highest BCUT2D eigenvalue weighted by molar-refractivity contribution is 7.80. The normalized spacial score (nSPS) is 19.6. The Morgan fingerprint density at radius 2 is 2.37 bits per heavy atom. The van der Waals surface area contributed by atoms with E-state index < -0.39 is 0 Å². The van der Waals surface area contributed by atoms with Gasteiger partial charge in [-0.2, -0.15) is 0 Å². The molecule has 5 heteroatoms. The molecule has 0 spiro atoms. The van der Waals surface area contributed by atoms with E-state index in [1.54, 1.807) is 7.11 Å². The monoisotopic (exact) mass is 280 g/mol. The van der Waals surface area contributed by atoms with Crippen molar-refractivity contribution >= 4 is 17.2 Å². The molecule has 0 amide bonds. The number of nitrogens with zero attached hydrogens (tertiary/aromatic N) is 1. The van der Waals surface area contributed by atoms with Gasteiger partial charge >= 0.3 is 0 Å². The molecule has 1 aliphatic heterocycles. The summed E-state index contributed by atoms with van der Waals surface area (Å²) in [6.07, 6.45) is 2.21. The molecule has 0 bridgehead atoms. The molecular weight excluding hydrogens is 260 g/mol. The maximum Gasteiger partial charge on any atom is 0.129 e. The summed E-state index contributed by atoms with van der Waals surface area (Å²) in [7, 11) is 1.62. The van der Waals surface area contributed by atoms with E-state index in [9.17, 15) is 5.11 Å². The van der Waals surface area contributed by atoms with Crippen molar-refractivity contribution in [1.82, 2.24) is 4.90 Å². The molecule has 0 aromatic heterocycles. The molecule has 1 aliphatic rings. The lowest BCUT2D eigenvalue weighted by Gasteiger charge is -2.23. The predicted molar refractivity (Wildman–Crippen MR) is 79.4 cm³/mol. The first-order valence-electron chi connectivity index (χ1n) is 6.47. The smallest absolute Gasteiger partial charge is 0.129 e. The number of aliphatic hydroxyl groups is 1. The van der Waals surface area contributed by atoms with Gasteiger partial charge in [0.05, 0.1) is 19.3 Å². The lowest BCUT2D eigenvalue weighted by molar-refractivity contribution is 0.153. The van der Waals surface area contributed by atoms with Gasteiger partial charge in [0, 0.05) is 12.6 Å². The van der Waals surface area contributed by atoms with Gasteiger partial charge in [0.2, 0.25) is 0 Å². The molecule has 1 aromatic carbocycles. The van der Waals surface area contributed by atoms with Gasteiger partial charge in [-0.05, 0) is 37.1 Å². The summed E-state index contributed by atoms with van der Waals surface area (Å²) in [4.78, 5) is 2.65. The highest BCUT2D eigenvalue weighted by Gasteiger charge is 2.23. The zero-order valence-electron chi connectivity index (χ0n) is 11.1. The Morgan fingerprint density at radius 3 is 3.00 bits per heavy atom. The molecule has 1 unspecified atom stereocenters. The van der Waals surface area contributed by atoms with Crippen LogP contribution in [-0.4, -0.2) is 41.3 Å². The minimum Gasteiger partial charge on any atom is -0.496 e. The quantitative estimate of drug-likeness (QED) is 0.796. The number of nitrogens with two attached hydrogens (primary N) is 1. The fourth-order valence-corrected chi connectivity index (χ4v) is 2.75. The van der Waals surface area contributed by atoms with Crippen LogP contribution in [0, 0.1) is 0 Å². The van der Waals surface area contributed by atoms with Crippen LogP contribution in [-0.2, 0) is 6.54 Å². The Hall–Kier alpha value is -1.17. The van der Waals surface area contributed by atoms with E-state index in [0.29, 0.717) is 10.7 Å². The minimum atomic E-state index is 0.224. The first-order chi connectivity index (χ1) is 9.15. The maximum absolute atomic E-state index is 9.33. The molecule has 0 radical (unpaired) electrons. The molecule has 0 aliphatic carbocycles. The van der Waals surface area contributed by atoms with Gasteiger partial charge in [0.1, 0.15) is 10.7 Å². The lowest BCUT2D eigenvalue weighted by atomic mass is 10.1. The predicted octanol–water partition coefficient (Wildman–Crippen LogP) is 1.29. The van der Waals surface area contributed by atoms with Crippen molar-refractivity contribution < 1.29 is 9.84 Å². The molecule has 1 aromatic rings. The number of benzene rings is 1. The van der Waals surface area contributed by atoms with E-state index in [1.165, 1.54) is 0 Å². The summed E-state index contributed by atoms with van der Waals surface area (Å²) in [5.41, 5.74) is 7.57. The maximum atomic E-state index is 9.33. The molecule has 19 heavy (non-hydrogen) atoms. The summed E-state index contributed by atoms with van der Waals surface area (Å²) in [6.45, 7) is 2.08. The fraction of sp³-hybridized carbons (Fsp3) is 0.500. The van der Waals surface area contributed by atoms with Gasteiger partial charge in [0.15, 0.2) is 0 Å². The van der Waals surface area contributed by atoms with Crippen molar-refractivity contribution in [1.29, 1.82) is 0 Å². The van der Waals surface area contributed by atoms with Crippen LogP contribution in [0.1, 0.15) is 24.0 Å². The molecular formula is C14H20N2O2S. The Kier molecular flexibility index (Phi) is 4.74. The highest BCUT2D eigenvalue weighted by Crippen LogP contribution is 2.24. The van der Waals surface area contributed by atoms with Gasteiger partial charge in [-0.25, -0.2) is 0 Å². The Bertz CT molecular complexity index is 465. The summed E-state index contributed by atoms with van der Waals surface area (Å²) >= 11 is 4.99. The summed E-state index contributed by atoms with van der Waals surface area (Å²) in [5.74, 6) is 0.713. The zero-order valence-corrected chi connectivity index (χ0v) is 11.9. The standard InChI is InChI=1S/C14H20N2O2S/c1-18-13-7-10(4-5-12(13)14(15)19)8-16-6-2-3-11(16)9-17/h4-5,7,11,17H,2-3,6,8-9H2,1H3,(H2,15,19). The number of aliphatic hydroxyl groups excluding tert-OH is 1. The van der Waals surface area contributed by atoms with E-state index in [2.05, 4.69) is 4.90 Å². The molecule has 1 heterocycles. The van der Waals surface area contributed by atoms with Crippen LogP contribution in [0.2, 0.25) is 0 Å². The topological polar surface area (TPSA) is 58.7 Å². The van der Waals surface area contributed by atoms with Gasteiger partial charge in [-0.15, -0.1) is 0 Å². The minimum absolute atomic E-state index is 0.224. The van der Waals surface area contributed by atoms with Gasteiger partial charge in [0.25, 0.3) is 0 Å². The van der Waals surface area contributed by atoms with Gasteiger partial charge in [-0.3, -0.25) is 4.90 Å². The molecule has 1 saturated heterocycles. The average Bonchev–Trinajstić information content (AvgIpc) is 2.85. The zero-order chi connectivity index (χ0) is 13.8. The van der Waals surface area contributed by atoms with Crippen molar-refractivity contribution in [3.63, 3.8) is 0 Å². The second-order valence-electron chi connectivity index (χ2n) is 4.85. The van der Waals surface area contributed by atoms with Crippen molar-refractivity contribution in [3.8, 4) is 5.75 Å². The summed E-state index contributed by atoms with van der Waals surface area (Å²) < 4.78 is 5.33. The third kappa shape index (κ3) is 3.23. The van der Waals surface area contributed by atoms with Gasteiger partial charge < -0.3 is 15.6 Å². The van der Waals surface area contributed by atoms with Gasteiger partial charge in [-0.1, -0.05) is 18.3 Å². The van der Waals surface area contributed by atoms with E-state index in [0.717, 1.165) is 37.1 Å².